The molecule has 2 aromatic rings. The Balaban J connectivity index is 2.22. The van der Waals surface area contributed by atoms with E-state index in [9.17, 15) is 9.90 Å². The Hall–Kier alpha value is -1.65. The fraction of sp³-hybridized carbons (Fsp3) is 0.400. The number of likely N-dealkylation sites (tertiary alicyclic amines) is 1. The number of para-hydroxylation sites is 1. The number of fused-ring (bicyclic) bond motifs is 1. The van der Waals surface area contributed by atoms with Gasteiger partial charge in [0, 0.05) is 24.1 Å². The first-order valence-electron chi connectivity index (χ1n) is 6.46. The second-order valence-corrected chi connectivity index (χ2v) is 5.37. The number of hydrogen-bond donors (Lipinski definition) is 1. The largest absolute Gasteiger partial charge is 0.464 e. The molecule has 19 heavy (non-hydrogen) atoms. The van der Waals surface area contributed by atoms with Crippen LogP contribution in [0.3, 0.4) is 0 Å². The average Bonchev–Trinajstić information content (AvgIpc) is 2.64. The molecule has 4 heteroatoms. The lowest BCUT2D eigenvalue weighted by molar-refractivity contribution is -0.0623. The highest BCUT2D eigenvalue weighted by Crippen LogP contribution is 2.41. The number of rotatable bonds is 1. The van der Waals surface area contributed by atoms with Crippen molar-refractivity contribution in [2.45, 2.75) is 25.0 Å². The van der Waals surface area contributed by atoms with E-state index in [0.717, 1.165) is 18.5 Å². The van der Waals surface area contributed by atoms with E-state index >= 15 is 0 Å². The van der Waals surface area contributed by atoms with Crippen LogP contribution in [0.5, 0.6) is 0 Å². The molecule has 3 rings (SSSR count). The van der Waals surface area contributed by atoms with E-state index in [-0.39, 0.29) is 11.3 Å². The topological polar surface area (TPSA) is 53.7 Å². The predicted octanol–water partition coefficient (Wildman–Crippen LogP) is 1.92. The first kappa shape index (κ1) is 12.4. The van der Waals surface area contributed by atoms with Gasteiger partial charge < -0.3 is 9.52 Å². The second kappa shape index (κ2) is 4.18. The van der Waals surface area contributed by atoms with Crippen LogP contribution in [-0.4, -0.2) is 29.3 Å². The van der Waals surface area contributed by atoms with Crippen LogP contribution in [0, 0.1) is 0 Å². The molecule has 2 unspecified atom stereocenters. The van der Waals surface area contributed by atoms with Gasteiger partial charge in [-0.25, -0.2) is 0 Å². The lowest BCUT2D eigenvalue weighted by atomic mass is 9.88. The Morgan fingerprint density at radius 3 is 2.89 bits per heavy atom. The lowest BCUT2D eigenvalue weighted by Gasteiger charge is -2.32. The highest BCUT2D eigenvalue weighted by Gasteiger charge is 2.43. The minimum absolute atomic E-state index is 0.0471. The van der Waals surface area contributed by atoms with Gasteiger partial charge in [0.25, 0.3) is 0 Å². The first-order chi connectivity index (χ1) is 9.01. The van der Waals surface area contributed by atoms with Gasteiger partial charge in [0.05, 0.1) is 11.6 Å². The Morgan fingerprint density at radius 1 is 1.42 bits per heavy atom. The third-order valence-electron chi connectivity index (χ3n) is 4.28. The van der Waals surface area contributed by atoms with Gasteiger partial charge in [-0.05, 0) is 26.5 Å². The maximum Gasteiger partial charge on any atom is 0.192 e. The molecule has 1 aromatic carbocycles. The van der Waals surface area contributed by atoms with Crippen LogP contribution in [0.4, 0.5) is 0 Å². The summed E-state index contributed by atoms with van der Waals surface area (Å²) in [5.41, 5.74) is 0.539. The molecular weight excluding hydrogens is 242 g/mol. The van der Waals surface area contributed by atoms with Crippen molar-refractivity contribution >= 4 is 11.0 Å². The predicted molar refractivity (Wildman–Crippen MR) is 73.1 cm³/mol. The number of aliphatic hydroxyl groups is 1. The number of benzene rings is 1. The normalized spacial score (nSPS) is 28.1. The Kier molecular flexibility index (Phi) is 2.73. The summed E-state index contributed by atoms with van der Waals surface area (Å²) in [5.74, 6) is -0.0493. The molecule has 0 amide bonds. The molecule has 0 saturated carbocycles. The van der Waals surface area contributed by atoms with Gasteiger partial charge in [-0.15, -0.1) is 0 Å². The van der Waals surface area contributed by atoms with E-state index in [1.807, 2.05) is 31.0 Å². The molecule has 0 radical (unpaired) electrons. The summed E-state index contributed by atoms with van der Waals surface area (Å²) >= 11 is 0. The molecule has 0 spiro atoms. The van der Waals surface area contributed by atoms with Crippen molar-refractivity contribution in [1.82, 2.24) is 4.90 Å². The minimum Gasteiger partial charge on any atom is -0.464 e. The van der Waals surface area contributed by atoms with Crippen molar-refractivity contribution in [3.8, 4) is 0 Å². The van der Waals surface area contributed by atoms with E-state index < -0.39 is 5.72 Å². The monoisotopic (exact) mass is 259 g/mol. The molecule has 4 nitrogen and oxygen atoms in total. The second-order valence-electron chi connectivity index (χ2n) is 5.37. The Labute approximate surface area is 111 Å². The zero-order valence-corrected chi connectivity index (χ0v) is 11.1. The maximum atomic E-state index is 11.8. The SMILES string of the molecule is CN1CCC(c2cccc3c(=O)ccoc23)C1(C)O. The number of nitrogens with zero attached hydrogens (tertiary/aromatic N) is 1. The quantitative estimate of drug-likeness (QED) is 0.850. The Bertz CT molecular complexity index is 674. The van der Waals surface area contributed by atoms with E-state index in [1.54, 1.807) is 6.07 Å². The van der Waals surface area contributed by atoms with Gasteiger partial charge in [-0.1, -0.05) is 12.1 Å². The molecule has 0 aliphatic carbocycles. The van der Waals surface area contributed by atoms with Crippen LogP contribution in [0.2, 0.25) is 0 Å². The van der Waals surface area contributed by atoms with E-state index in [1.165, 1.54) is 12.3 Å². The van der Waals surface area contributed by atoms with Crippen molar-refractivity contribution in [3.05, 3.63) is 46.3 Å². The van der Waals surface area contributed by atoms with Crippen molar-refractivity contribution < 1.29 is 9.52 Å². The summed E-state index contributed by atoms with van der Waals surface area (Å²) in [4.78, 5) is 13.8. The smallest absolute Gasteiger partial charge is 0.192 e. The molecule has 1 aliphatic heterocycles. The first-order valence-corrected chi connectivity index (χ1v) is 6.46. The van der Waals surface area contributed by atoms with E-state index in [2.05, 4.69) is 0 Å². The summed E-state index contributed by atoms with van der Waals surface area (Å²) in [6, 6.07) is 6.97. The van der Waals surface area contributed by atoms with Gasteiger partial charge in [0.2, 0.25) is 0 Å². The molecule has 1 N–H and O–H groups in total. The third kappa shape index (κ3) is 1.79. The summed E-state index contributed by atoms with van der Waals surface area (Å²) in [6.07, 6.45) is 2.27. The van der Waals surface area contributed by atoms with Crippen LogP contribution < -0.4 is 5.43 Å². The molecule has 1 aromatic heterocycles. The third-order valence-corrected chi connectivity index (χ3v) is 4.28. The van der Waals surface area contributed by atoms with Crippen molar-refractivity contribution in [2.75, 3.05) is 13.6 Å². The lowest BCUT2D eigenvalue weighted by Crippen LogP contribution is -2.41. The molecule has 0 bridgehead atoms. The molecule has 1 saturated heterocycles. The highest BCUT2D eigenvalue weighted by molar-refractivity contribution is 5.80. The van der Waals surface area contributed by atoms with Gasteiger partial charge in [0.1, 0.15) is 11.3 Å². The van der Waals surface area contributed by atoms with E-state index in [0.29, 0.717) is 11.0 Å². The molecular formula is C15H17NO3. The highest BCUT2D eigenvalue weighted by atomic mass is 16.3. The van der Waals surface area contributed by atoms with Crippen LogP contribution in [0.1, 0.15) is 24.8 Å². The van der Waals surface area contributed by atoms with Crippen molar-refractivity contribution in [2.24, 2.45) is 0 Å². The van der Waals surface area contributed by atoms with Crippen LogP contribution >= 0.6 is 0 Å². The summed E-state index contributed by atoms with van der Waals surface area (Å²) in [6.45, 7) is 2.63. The fourth-order valence-electron chi connectivity index (χ4n) is 2.95. The Morgan fingerprint density at radius 2 is 2.21 bits per heavy atom. The standard InChI is InChI=1S/C15H17NO3/c1-15(18)12(6-8-16(15)2)10-4-3-5-11-13(17)7-9-19-14(10)11/h3-5,7,9,12,18H,6,8H2,1-2H3. The molecule has 1 fully saturated rings. The van der Waals surface area contributed by atoms with Crippen molar-refractivity contribution in [3.63, 3.8) is 0 Å². The molecule has 2 atom stereocenters. The number of likely N-dealkylation sites (N-methyl/N-ethyl adjacent to an activating group) is 1. The van der Waals surface area contributed by atoms with Crippen LogP contribution in [-0.2, 0) is 0 Å². The maximum absolute atomic E-state index is 11.8. The van der Waals surface area contributed by atoms with Crippen LogP contribution in [0.15, 0.2) is 39.7 Å². The molecule has 1 aliphatic rings. The van der Waals surface area contributed by atoms with Crippen molar-refractivity contribution in [1.29, 1.82) is 0 Å². The summed E-state index contributed by atoms with van der Waals surface area (Å²) in [5, 5.41) is 11.2. The number of hydrogen-bond acceptors (Lipinski definition) is 4. The van der Waals surface area contributed by atoms with Gasteiger partial charge in [-0.2, -0.15) is 0 Å². The molecule has 100 valence electrons. The van der Waals surface area contributed by atoms with Gasteiger partial charge in [0.15, 0.2) is 5.43 Å². The average molecular weight is 259 g/mol. The summed E-state index contributed by atoms with van der Waals surface area (Å²) in [7, 11) is 1.90. The zero-order chi connectivity index (χ0) is 13.6. The van der Waals surface area contributed by atoms with Crippen LogP contribution in [0.25, 0.3) is 11.0 Å². The summed E-state index contributed by atoms with van der Waals surface area (Å²) < 4.78 is 5.53. The van der Waals surface area contributed by atoms with Gasteiger partial charge in [-0.3, -0.25) is 9.69 Å². The fourth-order valence-corrected chi connectivity index (χ4v) is 2.95. The zero-order valence-electron chi connectivity index (χ0n) is 11.1. The van der Waals surface area contributed by atoms with Gasteiger partial charge >= 0.3 is 0 Å². The van der Waals surface area contributed by atoms with E-state index in [4.69, 9.17) is 4.42 Å². The minimum atomic E-state index is -0.914. The molecule has 2 heterocycles.